The van der Waals surface area contributed by atoms with Gasteiger partial charge in [0.2, 0.25) is 0 Å². The van der Waals surface area contributed by atoms with Gasteiger partial charge in [-0.25, -0.2) is 13.8 Å². The minimum atomic E-state index is -0.907. The molecule has 1 aliphatic heterocycles. The first-order chi connectivity index (χ1) is 17.3. The molecule has 2 atom stereocenters. The van der Waals surface area contributed by atoms with Crippen LogP contribution in [0.2, 0.25) is 0 Å². The van der Waals surface area contributed by atoms with Crippen LogP contribution in [-0.4, -0.2) is 47.1 Å². The van der Waals surface area contributed by atoms with Crippen LogP contribution in [0.3, 0.4) is 0 Å². The molecular formula is C25H27F2N5O3S. The summed E-state index contributed by atoms with van der Waals surface area (Å²) in [4.78, 5) is 24.2. The third-order valence-electron chi connectivity index (χ3n) is 6.77. The Morgan fingerprint density at radius 1 is 1.33 bits per heavy atom. The Kier molecular flexibility index (Phi) is 6.62. The van der Waals surface area contributed by atoms with Crippen LogP contribution in [-0.2, 0) is 12.8 Å². The molecule has 3 heterocycles. The fraction of sp³-hybridized carbons (Fsp3) is 0.400. The fourth-order valence-corrected chi connectivity index (χ4v) is 5.96. The number of nitrogens with zero attached hydrogens (tertiary/aromatic N) is 3. The number of pyridine rings is 1. The summed E-state index contributed by atoms with van der Waals surface area (Å²) in [7, 11) is 1.28. The molecule has 190 valence electrons. The van der Waals surface area contributed by atoms with Gasteiger partial charge in [-0.1, -0.05) is 11.3 Å². The number of aliphatic hydroxyl groups is 1. The second kappa shape index (κ2) is 9.72. The van der Waals surface area contributed by atoms with E-state index in [0.717, 1.165) is 48.0 Å². The van der Waals surface area contributed by atoms with Crippen molar-refractivity contribution in [1.82, 2.24) is 9.97 Å². The van der Waals surface area contributed by atoms with Gasteiger partial charge >= 0.3 is 0 Å². The number of halogens is 2. The van der Waals surface area contributed by atoms with Gasteiger partial charge in [0.15, 0.2) is 17.3 Å². The number of piperidine rings is 1. The fourth-order valence-electron chi connectivity index (χ4n) is 5.07. The quantitative estimate of drug-likeness (QED) is 0.426. The number of anilines is 2. The van der Waals surface area contributed by atoms with Crippen LogP contribution < -0.4 is 21.1 Å². The molecule has 0 bridgehead atoms. The second-order valence-corrected chi connectivity index (χ2v) is 10.2. The predicted molar refractivity (Wildman–Crippen MR) is 133 cm³/mol. The highest BCUT2D eigenvalue weighted by Gasteiger charge is 2.31. The van der Waals surface area contributed by atoms with E-state index in [1.807, 2.05) is 0 Å². The van der Waals surface area contributed by atoms with Crippen molar-refractivity contribution >= 4 is 27.8 Å². The van der Waals surface area contributed by atoms with Gasteiger partial charge < -0.3 is 26.2 Å². The van der Waals surface area contributed by atoms with E-state index < -0.39 is 17.7 Å². The van der Waals surface area contributed by atoms with Crippen molar-refractivity contribution in [2.45, 2.75) is 44.2 Å². The zero-order chi connectivity index (χ0) is 25.6. The van der Waals surface area contributed by atoms with E-state index in [-0.39, 0.29) is 45.3 Å². The number of nitrogens with two attached hydrogens (primary N) is 2. The smallest absolute Gasteiger partial charge is 0.188 e. The summed E-state index contributed by atoms with van der Waals surface area (Å²) in [6.45, 7) is 1.43. The number of aliphatic hydroxyl groups excluding tert-OH is 1. The van der Waals surface area contributed by atoms with Gasteiger partial charge in [0.25, 0.3) is 0 Å². The summed E-state index contributed by atoms with van der Waals surface area (Å²) in [6, 6.07) is 2.28. The molecule has 2 aromatic heterocycles. The maximum atomic E-state index is 14.8. The number of ether oxygens (including phenoxy) is 1. The first-order valence-electron chi connectivity index (χ1n) is 11.8. The molecule has 5 rings (SSSR count). The number of ketones is 1. The Morgan fingerprint density at radius 2 is 2.14 bits per heavy atom. The summed E-state index contributed by atoms with van der Waals surface area (Å²) in [5.41, 5.74) is 15.1. The molecular weight excluding hydrogens is 488 g/mol. The maximum absolute atomic E-state index is 14.8. The number of thiazole rings is 1. The molecule has 0 spiro atoms. The Bertz CT molecular complexity index is 1330. The van der Waals surface area contributed by atoms with Gasteiger partial charge in [-0.3, -0.25) is 9.78 Å². The number of benzene rings is 1. The van der Waals surface area contributed by atoms with Gasteiger partial charge in [-0.2, -0.15) is 0 Å². The van der Waals surface area contributed by atoms with Gasteiger partial charge in [0.05, 0.1) is 24.5 Å². The van der Waals surface area contributed by atoms with Crippen molar-refractivity contribution in [3.05, 3.63) is 52.5 Å². The summed E-state index contributed by atoms with van der Waals surface area (Å²) in [5, 5.41) is 10.4. The lowest BCUT2D eigenvalue weighted by Gasteiger charge is -2.35. The first-order valence-corrected chi connectivity index (χ1v) is 12.6. The Balaban J connectivity index is 1.50. The average molecular weight is 516 g/mol. The zero-order valence-corrected chi connectivity index (χ0v) is 20.6. The van der Waals surface area contributed by atoms with Crippen LogP contribution in [0.25, 0.3) is 10.6 Å². The van der Waals surface area contributed by atoms with Crippen LogP contribution >= 0.6 is 11.3 Å². The van der Waals surface area contributed by atoms with Crippen molar-refractivity contribution < 1.29 is 23.4 Å². The first kappa shape index (κ1) is 24.5. The Labute approximate surface area is 210 Å². The third-order valence-corrected chi connectivity index (χ3v) is 7.68. The Morgan fingerprint density at radius 3 is 2.89 bits per heavy atom. The Hall–Kier alpha value is -3.15. The minimum absolute atomic E-state index is 0.0156. The lowest BCUT2D eigenvalue weighted by Crippen LogP contribution is -2.43. The number of nitrogen functional groups attached to an aromatic ring is 1. The molecule has 36 heavy (non-hydrogen) atoms. The van der Waals surface area contributed by atoms with Gasteiger partial charge in [0.1, 0.15) is 21.5 Å². The van der Waals surface area contributed by atoms with Gasteiger partial charge in [-0.15, -0.1) is 0 Å². The summed E-state index contributed by atoms with van der Waals surface area (Å²) in [6.07, 6.45) is 4.02. The highest BCUT2D eigenvalue weighted by Crippen LogP contribution is 2.40. The largest absolute Gasteiger partial charge is 0.494 e. The number of carbonyl (C=O) groups is 1. The number of Topliss-reactive ketones (excluding diaryl/α,β-unsaturated/α-hetero) is 1. The highest BCUT2D eigenvalue weighted by atomic mass is 32.1. The van der Waals surface area contributed by atoms with Crippen LogP contribution in [0.1, 0.15) is 52.7 Å². The normalized spacial score (nSPS) is 19.4. The molecule has 0 radical (unpaired) electrons. The lowest BCUT2D eigenvalue weighted by atomic mass is 9.98. The third kappa shape index (κ3) is 4.31. The molecule has 3 aromatic rings. The van der Waals surface area contributed by atoms with Crippen LogP contribution in [0, 0.1) is 11.6 Å². The maximum Gasteiger partial charge on any atom is 0.188 e. The monoisotopic (exact) mass is 515 g/mol. The van der Waals surface area contributed by atoms with Crippen molar-refractivity contribution in [3.8, 4) is 16.3 Å². The summed E-state index contributed by atoms with van der Waals surface area (Å²) >= 11 is 0.841. The number of hydrogen-bond donors (Lipinski definition) is 3. The topological polar surface area (TPSA) is 128 Å². The van der Waals surface area contributed by atoms with Gasteiger partial charge in [-0.05, 0) is 37.8 Å². The number of methoxy groups -OCH3 is 1. The molecule has 0 amide bonds. The molecule has 2 aliphatic rings. The van der Waals surface area contributed by atoms with E-state index in [1.165, 1.54) is 13.2 Å². The average Bonchev–Trinajstić information content (AvgIpc) is 3.41. The molecule has 1 aliphatic carbocycles. The van der Waals surface area contributed by atoms with E-state index >= 15 is 0 Å². The standard InChI is InChI=1S/C25H27F2N5O3S/c1-35-18-7-5-15(26)19(20(18)27)25-31-22(24(29)36-25)17(34)9-12-10-30-21-14(4-6-16(21)33)23(12)32-8-2-3-13(28)11-32/h5,7,10,13,16,33H,2-4,6,8-9,11,28-29H2,1H3/t13-,16?/m0/s1. The lowest BCUT2D eigenvalue weighted by molar-refractivity contribution is 0.0989. The highest BCUT2D eigenvalue weighted by molar-refractivity contribution is 7.19. The molecule has 0 saturated carbocycles. The van der Waals surface area contributed by atoms with Crippen molar-refractivity contribution in [2.75, 3.05) is 30.8 Å². The zero-order valence-electron chi connectivity index (χ0n) is 19.8. The molecule has 11 heteroatoms. The summed E-state index contributed by atoms with van der Waals surface area (Å²) < 4.78 is 34.2. The molecule has 5 N–H and O–H groups in total. The van der Waals surface area contributed by atoms with E-state index in [1.54, 1.807) is 6.20 Å². The molecule has 1 aromatic carbocycles. The number of hydrogen-bond acceptors (Lipinski definition) is 9. The predicted octanol–water partition coefficient (Wildman–Crippen LogP) is 3.41. The molecule has 1 unspecified atom stereocenters. The van der Waals surface area contributed by atoms with Crippen LogP contribution in [0.4, 0.5) is 19.5 Å². The van der Waals surface area contributed by atoms with E-state index in [9.17, 15) is 18.7 Å². The van der Waals surface area contributed by atoms with E-state index in [2.05, 4.69) is 14.9 Å². The van der Waals surface area contributed by atoms with Crippen LogP contribution in [0.15, 0.2) is 18.3 Å². The number of fused-ring (bicyclic) bond motifs is 1. The van der Waals surface area contributed by atoms with Crippen molar-refractivity contribution in [2.24, 2.45) is 5.73 Å². The van der Waals surface area contributed by atoms with E-state index in [4.69, 9.17) is 16.2 Å². The number of rotatable bonds is 6. The molecule has 1 fully saturated rings. The van der Waals surface area contributed by atoms with E-state index in [0.29, 0.717) is 30.6 Å². The van der Waals surface area contributed by atoms with Crippen molar-refractivity contribution in [3.63, 3.8) is 0 Å². The molecule has 1 saturated heterocycles. The number of aromatic nitrogens is 2. The number of carbonyl (C=O) groups excluding carboxylic acids is 1. The second-order valence-electron chi connectivity index (χ2n) is 9.17. The van der Waals surface area contributed by atoms with Crippen molar-refractivity contribution in [1.29, 1.82) is 0 Å². The summed E-state index contributed by atoms with van der Waals surface area (Å²) in [5.74, 6) is -2.26. The molecule has 8 nitrogen and oxygen atoms in total. The van der Waals surface area contributed by atoms with Gasteiger partial charge in [0, 0.05) is 48.6 Å². The van der Waals surface area contributed by atoms with Crippen LogP contribution in [0.5, 0.6) is 5.75 Å². The minimum Gasteiger partial charge on any atom is -0.494 e. The SMILES string of the molecule is COc1ccc(F)c(-c2nc(C(=O)Cc3cnc4c(c3N3CCC[C@H](N)C3)CCC4O)c(N)s2)c1F.